The molecule has 7 heteroatoms. The summed E-state index contributed by atoms with van der Waals surface area (Å²) in [5.41, 5.74) is 1.29. The summed E-state index contributed by atoms with van der Waals surface area (Å²) in [7, 11) is -3.37. The molecule has 0 saturated carbocycles. The summed E-state index contributed by atoms with van der Waals surface area (Å²) in [6.07, 6.45) is 1.10. The maximum Gasteiger partial charge on any atom is 0.194 e. The number of hydrogen-bond donors (Lipinski definition) is 1. The van der Waals surface area contributed by atoms with Crippen molar-refractivity contribution in [1.29, 1.82) is 0 Å². The minimum atomic E-state index is -3.37. The number of hydrogen-bond acceptors (Lipinski definition) is 3. The lowest BCUT2D eigenvalue weighted by molar-refractivity contribution is 0.445. The highest BCUT2D eigenvalue weighted by Crippen LogP contribution is 2.21. The number of nitrogens with one attached hydrogen (secondary N) is 1. The molecule has 2 aromatic rings. The van der Waals surface area contributed by atoms with Crippen LogP contribution in [-0.2, 0) is 16.4 Å². The molecule has 0 saturated heterocycles. The highest BCUT2D eigenvalue weighted by atomic mass is 32.2. The van der Waals surface area contributed by atoms with Crippen molar-refractivity contribution in [1.82, 2.24) is 0 Å². The number of rotatable bonds is 4. The molecule has 2 rings (SSSR count). The van der Waals surface area contributed by atoms with Gasteiger partial charge in [-0.05, 0) is 42.3 Å². The Kier molecular flexibility index (Phi) is 4.46. The van der Waals surface area contributed by atoms with Crippen molar-refractivity contribution in [2.24, 2.45) is 0 Å². The summed E-state index contributed by atoms with van der Waals surface area (Å²) in [4.78, 5) is 0.175. The molecule has 0 aliphatic heterocycles. The molecule has 1 N–H and O–H groups in total. The first-order chi connectivity index (χ1) is 10.2. The summed E-state index contributed by atoms with van der Waals surface area (Å²) in [5, 5.41) is 2.85. The van der Waals surface area contributed by atoms with Crippen LogP contribution in [0.3, 0.4) is 0 Å². The van der Waals surface area contributed by atoms with Gasteiger partial charge in [-0.1, -0.05) is 6.07 Å². The SMILES string of the molecule is Cc1ccc(NCc2cc(F)c(F)c(F)c2)cc1S(C)(=O)=O. The van der Waals surface area contributed by atoms with Gasteiger partial charge in [0.25, 0.3) is 0 Å². The van der Waals surface area contributed by atoms with Crippen molar-refractivity contribution in [3.63, 3.8) is 0 Å². The second-order valence-electron chi connectivity index (χ2n) is 4.98. The van der Waals surface area contributed by atoms with Gasteiger partial charge >= 0.3 is 0 Å². The van der Waals surface area contributed by atoms with E-state index in [1.807, 2.05) is 0 Å². The van der Waals surface area contributed by atoms with Crippen LogP contribution < -0.4 is 5.32 Å². The number of halogens is 3. The number of aryl methyl sites for hydroxylation is 1. The van der Waals surface area contributed by atoms with E-state index in [1.54, 1.807) is 19.1 Å². The fraction of sp³-hybridized carbons (Fsp3) is 0.200. The van der Waals surface area contributed by atoms with Crippen molar-refractivity contribution in [2.75, 3.05) is 11.6 Å². The van der Waals surface area contributed by atoms with Crippen LogP contribution in [0.15, 0.2) is 35.2 Å². The van der Waals surface area contributed by atoms with E-state index in [0.29, 0.717) is 11.3 Å². The van der Waals surface area contributed by atoms with E-state index in [-0.39, 0.29) is 17.0 Å². The molecule has 0 unspecified atom stereocenters. The molecule has 22 heavy (non-hydrogen) atoms. The summed E-state index contributed by atoms with van der Waals surface area (Å²) >= 11 is 0. The van der Waals surface area contributed by atoms with Gasteiger partial charge in [-0.15, -0.1) is 0 Å². The predicted molar refractivity (Wildman–Crippen MR) is 77.9 cm³/mol. The van der Waals surface area contributed by atoms with E-state index in [2.05, 4.69) is 5.32 Å². The third-order valence-electron chi connectivity index (χ3n) is 3.13. The van der Waals surface area contributed by atoms with E-state index in [4.69, 9.17) is 0 Å². The van der Waals surface area contributed by atoms with Gasteiger partial charge in [-0.3, -0.25) is 0 Å². The van der Waals surface area contributed by atoms with Crippen molar-refractivity contribution >= 4 is 15.5 Å². The van der Waals surface area contributed by atoms with Gasteiger partial charge in [0.05, 0.1) is 4.90 Å². The molecule has 0 bridgehead atoms. The molecule has 0 radical (unpaired) electrons. The van der Waals surface area contributed by atoms with Gasteiger partial charge in [0, 0.05) is 18.5 Å². The first kappa shape index (κ1) is 16.4. The topological polar surface area (TPSA) is 46.2 Å². The van der Waals surface area contributed by atoms with Gasteiger partial charge in [0.1, 0.15) is 0 Å². The van der Waals surface area contributed by atoms with Crippen LogP contribution in [0.5, 0.6) is 0 Å². The normalized spacial score (nSPS) is 11.5. The molecule has 0 aliphatic rings. The van der Waals surface area contributed by atoms with E-state index in [1.165, 1.54) is 6.07 Å². The van der Waals surface area contributed by atoms with Crippen LogP contribution in [0.2, 0.25) is 0 Å². The number of anilines is 1. The fourth-order valence-electron chi connectivity index (χ4n) is 2.02. The summed E-state index contributed by atoms with van der Waals surface area (Å²) in [6.45, 7) is 1.70. The van der Waals surface area contributed by atoms with Gasteiger partial charge in [0.15, 0.2) is 27.3 Å². The zero-order chi connectivity index (χ0) is 16.5. The molecule has 0 fully saturated rings. The molecular formula is C15H14F3NO2S. The van der Waals surface area contributed by atoms with Gasteiger partial charge in [0.2, 0.25) is 0 Å². The fourth-order valence-corrected chi connectivity index (χ4v) is 3.02. The number of benzene rings is 2. The van der Waals surface area contributed by atoms with Crippen LogP contribution in [0.4, 0.5) is 18.9 Å². The van der Waals surface area contributed by atoms with Crippen LogP contribution in [0, 0.1) is 24.4 Å². The molecule has 118 valence electrons. The second kappa shape index (κ2) is 6.00. The Hall–Kier alpha value is -2.02. The third kappa shape index (κ3) is 3.59. The average Bonchev–Trinajstić information content (AvgIpc) is 2.42. The van der Waals surface area contributed by atoms with Gasteiger partial charge in [-0.2, -0.15) is 0 Å². The molecule has 0 aromatic heterocycles. The molecular weight excluding hydrogens is 315 g/mol. The lowest BCUT2D eigenvalue weighted by atomic mass is 10.2. The molecule has 0 heterocycles. The molecule has 0 aliphatic carbocycles. The monoisotopic (exact) mass is 329 g/mol. The lowest BCUT2D eigenvalue weighted by Crippen LogP contribution is -2.05. The van der Waals surface area contributed by atoms with Crippen molar-refractivity contribution < 1.29 is 21.6 Å². The van der Waals surface area contributed by atoms with E-state index in [9.17, 15) is 21.6 Å². The standard InChI is InChI=1S/C15H14F3NO2S/c1-9-3-4-11(7-14(9)22(2,20)21)19-8-10-5-12(16)15(18)13(17)6-10/h3-7,19H,8H2,1-2H3. The van der Waals surface area contributed by atoms with Crippen LogP contribution in [0.25, 0.3) is 0 Å². The molecule has 0 atom stereocenters. The minimum absolute atomic E-state index is 0.0282. The lowest BCUT2D eigenvalue weighted by Gasteiger charge is -2.10. The Labute approximate surface area is 126 Å². The third-order valence-corrected chi connectivity index (χ3v) is 4.37. The van der Waals surface area contributed by atoms with E-state index in [0.717, 1.165) is 18.4 Å². The second-order valence-corrected chi connectivity index (χ2v) is 6.96. The van der Waals surface area contributed by atoms with Gasteiger partial charge in [-0.25, -0.2) is 21.6 Å². The quantitative estimate of drug-likeness (QED) is 0.874. The minimum Gasteiger partial charge on any atom is -0.381 e. The smallest absolute Gasteiger partial charge is 0.194 e. The first-order valence-corrected chi connectivity index (χ1v) is 8.25. The van der Waals surface area contributed by atoms with Gasteiger partial charge < -0.3 is 5.32 Å². The first-order valence-electron chi connectivity index (χ1n) is 6.36. The molecule has 3 nitrogen and oxygen atoms in total. The zero-order valence-electron chi connectivity index (χ0n) is 12.0. The Balaban J connectivity index is 2.23. The Morgan fingerprint density at radius 2 is 1.64 bits per heavy atom. The maximum atomic E-state index is 13.1. The van der Waals surface area contributed by atoms with Crippen LogP contribution >= 0.6 is 0 Å². The highest BCUT2D eigenvalue weighted by molar-refractivity contribution is 7.90. The highest BCUT2D eigenvalue weighted by Gasteiger charge is 2.13. The molecule has 0 spiro atoms. The van der Waals surface area contributed by atoms with Crippen molar-refractivity contribution in [3.05, 3.63) is 58.9 Å². The van der Waals surface area contributed by atoms with E-state index < -0.39 is 27.3 Å². The molecule has 0 amide bonds. The Morgan fingerprint density at radius 3 is 2.18 bits per heavy atom. The predicted octanol–water partition coefficient (Wildman–Crippen LogP) is 3.43. The summed E-state index contributed by atoms with van der Waals surface area (Å²) in [5.74, 6) is -4.05. The number of sulfone groups is 1. The molecule has 2 aromatic carbocycles. The average molecular weight is 329 g/mol. The van der Waals surface area contributed by atoms with Crippen molar-refractivity contribution in [3.8, 4) is 0 Å². The van der Waals surface area contributed by atoms with E-state index >= 15 is 0 Å². The Bertz CT molecular complexity index is 797. The Morgan fingerprint density at radius 1 is 1.05 bits per heavy atom. The largest absolute Gasteiger partial charge is 0.381 e. The summed E-state index contributed by atoms with van der Waals surface area (Å²) < 4.78 is 62.4. The van der Waals surface area contributed by atoms with Crippen LogP contribution in [-0.4, -0.2) is 14.7 Å². The van der Waals surface area contributed by atoms with Crippen molar-refractivity contribution in [2.45, 2.75) is 18.4 Å². The zero-order valence-corrected chi connectivity index (χ0v) is 12.8. The summed E-state index contributed by atoms with van der Waals surface area (Å²) in [6, 6.07) is 6.50. The van der Waals surface area contributed by atoms with Crippen LogP contribution in [0.1, 0.15) is 11.1 Å². The maximum absolute atomic E-state index is 13.1.